The lowest BCUT2D eigenvalue weighted by atomic mass is 10.1. The van der Waals surface area contributed by atoms with Crippen LogP contribution in [0, 0.1) is 5.92 Å². The molecule has 0 fully saturated rings. The Labute approximate surface area is 88.5 Å². The van der Waals surface area contributed by atoms with E-state index in [4.69, 9.17) is 11.6 Å². The fourth-order valence-corrected chi connectivity index (χ4v) is 1.09. The fraction of sp³-hybridized carbons (Fsp3) is 0.400. The first-order valence-corrected chi connectivity index (χ1v) is 4.94. The van der Waals surface area contributed by atoms with E-state index in [1.165, 1.54) is 0 Å². The molecule has 1 heterocycles. The minimum atomic E-state index is -0.0256. The summed E-state index contributed by atoms with van der Waals surface area (Å²) in [5, 5.41) is 3.05. The molecule has 0 aliphatic carbocycles. The molecule has 1 unspecified atom stereocenters. The molecule has 0 saturated heterocycles. The zero-order chi connectivity index (χ0) is 10.6. The number of rotatable bonds is 3. The lowest BCUT2D eigenvalue weighted by molar-refractivity contribution is -0.119. The van der Waals surface area contributed by atoms with Crippen LogP contribution in [0.15, 0.2) is 18.3 Å². The number of halogens is 1. The van der Waals surface area contributed by atoms with Gasteiger partial charge in [-0.15, -0.1) is 0 Å². The summed E-state index contributed by atoms with van der Waals surface area (Å²) >= 11 is 5.79. The molecule has 0 spiro atoms. The number of carbonyl (C=O) groups is 1. The number of pyridine rings is 1. The molecule has 1 amide bonds. The first-order chi connectivity index (χ1) is 6.65. The van der Waals surface area contributed by atoms with Gasteiger partial charge in [0.1, 0.15) is 0 Å². The predicted molar refractivity (Wildman–Crippen MR) is 57.3 cm³/mol. The van der Waals surface area contributed by atoms with Gasteiger partial charge in [-0.3, -0.25) is 4.79 Å². The van der Waals surface area contributed by atoms with Gasteiger partial charge in [0.25, 0.3) is 0 Å². The van der Waals surface area contributed by atoms with Crippen LogP contribution in [0.4, 0.5) is 5.69 Å². The fourth-order valence-electron chi connectivity index (χ4n) is 0.921. The summed E-state index contributed by atoms with van der Waals surface area (Å²) in [5.74, 6) is -0.0336. The number of nitrogens with zero attached hydrogens (tertiary/aromatic N) is 1. The third kappa shape index (κ3) is 2.70. The van der Waals surface area contributed by atoms with Gasteiger partial charge in [-0.1, -0.05) is 25.4 Å². The Balaban J connectivity index is 2.70. The highest BCUT2D eigenvalue weighted by molar-refractivity contribution is 6.32. The van der Waals surface area contributed by atoms with E-state index in [1.54, 1.807) is 18.3 Å². The van der Waals surface area contributed by atoms with Gasteiger partial charge in [0.2, 0.25) is 5.91 Å². The minimum absolute atomic E-state index is 0.00808. The van der Waals surface area contributed by atoms with Crippen molar-refractivity contribution in [3.63, 3.8) is 0 Å². The van der Waals surface area contributed by atoms with Gasteiger partial charge in [-0.2, -0.15) is 0 Å². The average molecular weight is 213 g/mol. The van der Waals surface area contributed by atoms with Crippen LogP contribution in [-0.4, -0.2) is 10.9 Å². The van der Waals surface area contributed by atoms with Crippen LogP contribution >= 0.6 is 11.6 Å². The largest absolute Gasteiger partial charge is 0.323 e. The molecule has 1 N–H and O–H groups in total. The normalized spacial score (nSPS) is 12.2. The minimum Gasteiger partial charge on any atom is -0.323 e. The first kappa shape index (κ1) is 11.0. The molecule has 0 radical (unpaired) electrons. The molecule has 1 rings (SSSR count). The molecular formula is C10H13ClN2O. The zero-order valence-electron chi connectivity index (χ0n) is 8.25. The number of hydrogen-bond donors (Lipinski definition) is 1. The SMILES string of the molecule is CCC(C)C(=O)Nc1cccnc1Cl. The topological polar surface area (TPSA) is 42.0 Å². The molecule has 4 heteroatoms. The van der Waals surface area contributed by atoms with Crippen molar-refractivity contribution in [1.82, 2.24) is 4.98 Å². The second kappa shape index (κ2) is 4.96. The van der Waals surface area contributed by atoms with Crippen molar-refractivity contribution in [3.8, 4) is 0 Å². The summed E-state index contributed by atoms with van der Waals surface area (Å²) in [6.45, 7) is 3.84. The Morgan fingerprint density at radius 3 is 3.00 bits per heavy atom. The van der Waals surface area contributed by atoms with Crippen LogP contribution in [0.2, 0.25) is 5.15 Å². The van der Waals surface area contributed by atoms with Crippen LogP contribution in [0.1, 0.15) is 20.3 Å². The molecule has 0 aliphatic rings. The Hall–Kier alpha value is -1.09. The highest BCUT2D eigenvalue weighted by Gasteiger charge is 2.11. The molecule has 1 aromatic heterocycles. The quantitative estimate of drug-likeness (QED) is 0.783. The Bertz CT molecular complexity index is 328. The van der Waals surface area contributed by atoms with Crippen molar-refractivity contribution in [1.29, 1.82) is 0 Å². The molecule has 0 aliphatic heterocycles. The maximum absolute atomic E-state index is 11.5. The van der Waals surface area contributed by atoms with Gasteiger partial charge < -0.3 is 5.32 Å². The van der Waals surface area contributed by atoms with E-state index in [0.717, 1.165) is 6.42 Å². The van der Waals surface area contributed by atoms with E-state index in [1.807, 2.05) is 13.8 Å². The number of hydrogen-bond acceptors (Lipinski definition) is 2. The van der Waals surface area contributed by atoms with Crippen molar-refractivity contribution in [2.45, 2.75) is 20.3 Å². The summed E-state index contributed by atoms with van der Waals surface area (Å²) in [5.41, 5.74) is 0.569. The van der Waals surface area contributed by atoms with E-state index in [-0.39, 0.29) is 11.8 Å². The van der Waals surface area contributed by atoms with Crippen molar-refractivity contribution in [2.75, 3.05) is 5.32 Å². The molecule has 14 heavy (non-hydrogen) atoms. The maximum atomic E-state index is 11.5. The van der Waals surface area contributed by atoms with Crippen LogP contribution in [0.25, 0.3) is 0 Å². The van der Waals surface area contributed by atoms with Crippen LogP contribution in [-0.2, 0) is 4.79 Å². The van der Waals surface area contributed by atoms with Gasteiger partial charge in [0.15, 0.2) is 5.15 Å². The van der Waals surface area contributed by atoms with E-state index < -0.39 is 0 Å². The summed E-state index contributed by atoms with van der Waals surface area (Å²) in [6.07, 6.45) is 2.39. The van der Waals surface area contributed by atoms with Crippen LogP contribution in [0.3, 0.4) is 0 Å². The highest BCUT2D eigenvalue weighted by Crippen LogP contribution is 2.18. The third-order valence-electron chi connectivity index (χ3n) is 2.08. The van der Waals surface area contributed by atoms with Gasteiger partial charge in [0, 0.05) is 12.1 Å². The number of carbonyl (C=O) groups excluding carboxylic acids is 1. The molecule has 1 atom stereocenters. The molecule has 0 aromatic carbocycles. The highest BCUT2D eigenvalue weighted by atomic mass is 35.5. The summed E-state index contributed by atoms with van der Waals surface area (Å²) in [7, 11) is 0. The van der Waals surface area contributed by atoms with E-state index in [9.17, 15) is 4.79 Å². The van der Waals surface area contributed by atoms with Crippen LogP contribution in [0.5, 0.6) is 0 Å². The van der Waals surface area contributed by atoms with Crippen LogP contribution < -0.4 is 5.32 Å². The lowest BCUT2D eigenvalue weighted by Gasteiger charge is -2.10. The van der Waals surface area contributed by atoms with Gasteiger partial charge in [-0.05, 0) is 18.6 Å². The summed E-state index contributed by atoms with van der Waals surface area (Å²) in [6, 6.07) is 3.47. The molecule has 76 valence electrons. The van der Waals surface area contributed by atoms with E-state index >= 15 is 0 Å². The van der Waals surface area contributed by atoms with Crippen molar-refractivity contribution in [3.05, 3.63) is 23.5 Å². The molecule has 3 nitrogen and oxygen atoms in total. The number of anilines is 1. The Morgan fingerprint density at radius 2 is 2.43 bits per heavy atom. The summed E-state index contributed by atoms with van der Waals surface area (Å²) in [4.78, 5) is 15.4. The van der Waals surface area contributed by atoms with Gasteiger partial charge in [0.05, 0.1) is 5.69 Å². The van der Waals surface area contributed by atoms with E-state index in [0.29, 0.717) is 10.8 Å². The molecule has 1 aromatic rings. The lowest BCUT2D eigenvalue weighted by Crippen LogP contribution is -2.19. The van der Waals surface area contributed by atoms with Gasteiger partial charge >= 0.3 is 0 Å². The smallest absolute Gasteiger partial charge is 0.227 e. The maximum Gasteiger partial charge on any atom is 0.227 e. The molecule has 0 saturated carbocycles. The third-order valence-corrected chi connectivity index (χ3v) is 2.38. The monoisotopic (exact) mass is 212 g/mol. The average Bonchev–Trinajstić information content (AvgIpc) is 2.20. The van der Waals surface area contributed by atoms with E-state index in [2.05, 4.69) is 10.3 Å². The zero-order valence-corrected chi connectivity index (χ0v) is 9.01. The number of amides is 1. The van der Waals surface area contributed by atoms with Crippen molar-refractivity contribution in [2.24, 2.45) is 5.92 Å². The summed E-state index contributed by atoms with van der Waals surface area (Å²) < 4.78 is 0. The predicted octanol–water partition coefficient (Wildman–Crippen LogP) is 2.72. The molecular weight excluding hydrogens is 200 g/mol. The number of aromatic nitrogens is 1. The Morgan fingerprint density at radius 1 is 1.71 bits per heavy atom. The molecule has 0 bridgehead atoms. The Kier molecular flexibility index (Phi) is 3.89. The second-order valence-electron chi connectivity index (χ2n) is 3.14. The second-order valence-corrected chi connectivity index (χ2v) is 3.50. The van der Waals surface area contributed by atoms with Crippen molar-refractivity contribution >= 4 is 23.2 Å². The number of nitrogens with one attached hydrogen (secondary N) is 1. The first-order valence-electron chi connectivity index (χ1n) is 4.56. The van der Waals surface area contributed by atoms with Crippen molar-refractivity contribution < 1.29 is 4.79 Å². The van der Waals surface area contributed by atoms with Gasteiger partial charge in [-0.25, -0.2) is 4.98 Å². The standard InChI is InChI=1S/C10H13ClN2O/c1-3-7(2)10(14)13-8-5-4-6-12-9(8)11/h4-7H,3H2,1-2H3,(H,13,14).